The van der Waals surface area contributed by atoms with Crippen molar-refractivity contribution >= 4 is 27.3 Å². The number of sulfonamides is 1. The zero-order valence-corrected chi connectivity index (χ0v) is 20.0. The van der Waals surface area contributed by atoms with E-state index < -0.39 is 20.9 Å². The zero-order chi connectivity index (χ0) is 24.3. The summed E-state index contributed by atoms with van der Waals surface area (Å²) in [7, 11) is -2.46. The maximum absolute atomic E-state index is 13.5. The lowest BCUT2D eigenvalue weighted by Crippen LogP contribution is -2.43. The van der Waals surface area contributed by atoms with Crippen molar-refractivity contribution < 1.29 is 22.9 Å². The van der Waals surface area contributed by atoms with Gasteiger partial charge in [0.1, 0.15) is 10.6 Å². The van der Waals surface area contributed by atoms with Crippen LogP contribution in [0.3, 0.4) is 0 Å². The van der Waals surface area contributed by atoms with Crippen LogP contribution in [0.25, 0.3) is 0 Å². The molecule has 10 heteroatoms. The van der Waals surface area contributed by atoms with Crippen LogP contribution in [0.15, 0.2) is 41.3 Å². The molecular formula is C23H29N3O6S. The third-order valence-corrected chi connectivity index (χ3v) is 7.87. The van der Waals surface area contributed by atoms with Crippen molar-refractivity contribution in [3.05, 3.63) is 57.6 Å². The number of benzene rings is 2. The maximum Gasteiger partial charge on any atom is 0.274 e. The van der Waals surface area contributed by atoms with Crippen molar-refractivity contribution in [2.75, 3.05) is 25.5 Å². The number of anilines is 1. The van der Waals surface area contributed by atoms with Crippen LogP contribution >= 0.6 is 0 Å². The maximum atomic E-state index is 13.5. The number of nitro benzene ring substituents is 1. The number of carbonyl (C=O) groups is 1. The highest BCUT2D eigenvalue weighted by Crippen LogP contribution is 2.33. The van der Waals surface area contributed by atoms with Gasteiger partial charge in [0.15, 0.2) is 0 Å². The largest absolute Gasteiger partial charge is 0.495 e. The van der Waals surface area contributed by atoms with Gasteiger partial charge in [-0.05, 0) is 49.4 Å². The van der Waals surface area contributed by atoms with E-state index in [2.05, 4.69) is 5.32 Å². The number of nitrogens with zero attached hydrogens (tertiary/aromatic N) is 2. The lowest BCUT2D eigenvalue weighted by molar-refractivity contribution is -0.385. The Balaban J connectivity index is 1.83. The fourth-order valence-electron chi connectivity index (χ4n) is 3.96. The summed E-state index contributed by atoms with van der Waals surface area (Å²) < 4.78 is 33.6. The number of nitrogens with one attached hydrogen (secondary N) is 1. The monoisotopic (exact) mass is 475 g/mol. The molecule has 2 aromatic carbocycles. The van der Waals surface area contributed by atoms with Crippen LogP contribution in [0.1, 0.15) is 43.7 Å². The minimum absolute atomic E-state index is 0.0250. The molecule has 33 heavy (non-hydrogen) atoms. The van der Waals surface area contributed by atoms with E-state index in [9.17, 15) is 23.3 Å². The van der Waals surface area contributed by atoms with E-state index in [-0.39, 0.29) is 34.7 Å². The SMILES string of the molecule is COc1ccc(C(C)C)cc1S(=O)(=O)N1CCC[C@@H](C(=O)Nc2cccc([N+](=O)[O-])c2C)C1. The minimum Gasteiger partial charge on any atom is -0.495 e. The van der Waals surface area contributed by atoms with Gasteiger partial charge in [0, 0.05) is 19.2 Å². The van der Waals surface area contributed by atoms with Crippen molar-refractivity contribution in [1.29, 1.82) is 0 Å². The van der Waals surface area contributed by atoms with Gasteiger partial charge >= 0.3 is 0 Å². The van der Waals surface area contributed by atoms with Crippen LogP contribution in [0, 0.1) is 23.0 Å². The first-order valence-electron chi connectivity index (χ1n) is 10.8. The van der Waals surface area contributed by atoms with Gasteiger partial charge in [-0.25, -0.2) is 8.42 Å². The number of hydrogen-bond donors (Lipinski definition) is 1. The van der Waals surface area contributed by atoms with Gasteiger partial charge in [0.2, 0.25) is 15.9 Å². The van der Waals surface area contributed by atoms with Crippen LogP contribution < -0.4 is 10.1 Å². The minimum atomic E-state index is -3.89. The van der Waals surface area contributed by atoms with E-state index in [0.717, 1.165) is 5.56 Å². The third-order valence-electron chi connectivity index (χ3n) is 5.99. The van der Waals surface area contributed by atoms with E-state index in [1.165, 1.54) is 23.5 Å². The molecule has 1 fully saturated rings. The lowest BCUT2D eigenvalue weighted by Gasteiger charge is -2.31. The molecule has 1 N–H and O–H groups in total. The van der Waals surface area contributed by atoms with Crippen molar-refractivity contribution in [2.24, 2.45) is 5.92 Å². The summed E-state index contributed by atoms with van der Waals surface area (Å²) in [6.45, 7) is 5.86. The van der Waals surface area contributed by atoms with E-state index in [1.54, 1.807) is 25.1 Å². The van der Waals surface area contributed by atoms with Gasteiger partial charge in [0.25, 0.3) is 5.69 Å². The van der Waals surface area contributed by atoms with Crippen LogP contribution in [-0.4, -0.2) is 43.8 Å². The molecule has 1 amide bonds. The summed E-state index contributed by atoms with van der Waals surface area (Å²) >= 11 is 0. The highest BCUT2D eigenvalue weighted by molar-refractivity contribution is 7.89. The third kappa shape index (κ3) is 5.17. The number of ether oxygens (including phenoxy) is 1. The van der Waals surface area contributed by atoms with Crippen LogP contribution in [-0.2, 0) is 14.8 Å². The lowest BCUT2D eigenvalue weighted by atomic mass is 9.98. The van der Waals surface area contributed by atoms with E-state index in [4.69, 9.17) is 4.74 Å². The normalized spacial score (nSPS) is 17.1. The number of rotatable bonds is 7. The number of amides is 1. The fraction of sp³-hybridized carbons (Fsp3) is 0.435. The van der Waals surface area contributed by atoms with E-state index >= 15 is 0 Å². The molecule has 0 radical (unpaired) electrons. The first-order chi connectivity index (χ1) is 15.6. The Kier molecular flexibility index (Phi) is 7.38. The molecule has 0 spiro atoms. The van der Waals surface area contributed by atoms with E-state index in [1.807, 2.05) is 19.9 Å². The average molecular weight is 476 g/mol. The molecule has 0 aromatic heterocycles. The molecule has 1 atom stereocenters. The van der Waals surface area contributed by atoms with Crippen molar-refractivity contribution in [2.45, 2.75) is 44.4 Å². The topological polar surface area (TPSA) is 119 Å². The van der Waals surface area contributed by atoms with Gasteiger partial charge < -0.3 is 10.1 Å². The Morgan fingerprint density at radius 2 is 2.00 bits per heavy atom. The molecule has 1 heterocycles. The molecule has 1 saturated heterocycles. The molecule has 1 aliphatic heterocycles. The smallest absolute Gasteiger partial charge is 0.274 e. The quantitative estimate of drug-likeness (QED) is 0.476. The summed E-state index contributed by atoms with van der Waals surface area (Å²) in [6.07, 6.45) is 1.05. The number of hydrogen-bond acceptors (Lipinski definition) is 6. The molecule has 1 aliphatic rings. The second kappa shape index (κ2) is 9.88. The van der Waals surface area contributed by atoms with Gasteiger partial charge in [0.05, 0.1) is 29.2 Å². The van der Waals surface area contributed by atoms with Crippen molar-refractivity contribution in [3.63, 3.8) is 0 Å². The van der Waals surface area contributed by atoms with Gasteiger partial charge in [-0.1, -0.05) is 26.0 Å². The second-order valence-corrected chi connectivity index (χ2v) is 10.4. The van der Waals surface area contributed by atoms with Crippen LogP contribution in [0.2, 0.25) is 0 Å². The fourth-order valence-corrected chi connectivity index (χ4v) is 5.67. The van der Waals surface area contributed by atoms with Crippen LogP contribution in [0.4, 0.5) is 11.4 Å². The number of carbonyl (C=O) groups excluding carboxylic acids is 1. The summed E-state index contributed by atoms with van der Waals surface area (Å²) in [4.78, 5) is 23.7. The van der Waals surface area contributed by atoms with Gasteiger partial charge in [-0.2, -0.15) is 4.31 Å². The highest BCUT2D eigenvalue weighted by Gasteiger charge is 2.35. The molecule has 0 aliphatic carbocycles. The molecule has 9 nitrogen and oxygen atoms in total. The van der Waals surface area contributed by atoms with E-state index in [0.29, 0.717) is 30.6 Å². The predicted molar refractivity (Wildman–Crippen MR) is 125 cm³/mol. The first kappa shape index (κ1) is 24.7. The molecule has 3 rings (SSSR count). The first-order valence-corrected chi connectivity index (χ1v) is 12.2. The molecule has 0 saturated carbocycles. The number of methoxy groups -OCH3 is 1. The Labute approximate surface area is 193 Å². The summed E-state index contributed by atoms with van der Waals surface area (Å²) in [5, 5.41) is 13.9. The Bertz CT molecular complexity index is 1160. The number of nitro groups is 1. The van der Waals surface area contributed by atoms with Gasteiger partial charge in [-0.15, -0.1) is 0 Å². The van der Waals surface area contributed by atoms with Crippen molar-refractivity contribution in [3.8, 4) is 5.75 Å². The zero-order valence-electron chi connectivity index (χ0n) is 19.2. The standard InChI is InChI=1S/C23H29N3O6S/c1-15(2)17-10-11-21(32-4)22(13-17)33(30,31)25-12-6-7-18(14-25)23(27)24-19-8-5-9-20(16(19)3)26(28)29/h5,8-11,13,15,18H,6-7,12,14H2,1-4H3,(H,24,27)/t18-/m1/s1. The molecular weight excluding hydrogens is 446 g/mol. The summed E-state index contributed by atoms with van der Waals surface area (Å²) in [6, 6.07) is 9.61. The molecule has 0 bridgehead atoms. The highest BCUT2D eigenvalue weighted by atomic mass is 32.2. The Morgan fingerprint density at radius 1 is 1.27 bits per heavy atom. The van der Waals surface area contributed by atoms with Crippen molar-refractivity contribution in [1.82, 2.24) is 4.31 Å². The molecule has 0 unspecified atom stereocenters. The van der Waals surface area contributed by atoms with Crippen LogP contribution in [0.5, 0.6) is 5.75 Å². The number of piperidine rings is 1. The Hall–Kier alpha value is -2.98. The molecule has 178 valence electrons. The van der Waals surface area contributed by atoms with Gasteiger partial charge in [-0.3, -0.25) is 14.9 Å². The average Bonchev–Trinajstić information content (AvgIpc) is 2.79. The second-order valence-electron chi connectivity index (χ2n) is 8.46. The summed E-state index contributed by atoms with van der Waals surface area (Å²) in [5.41, 5.74) is 1.49. The summed E-state index contributed by atoms with van der Waals surface area (Å²) in [5.74, 6) is -0.533. The Morgan fingerprint density at radius 3 is 2.64 bits per heavy atom. The predicted octanol–water partition coefficient (Wildman–Crippen LogP) is 4.07. The molecule has 2 aromatic rings.